The topological polar surface area (TPSA) is 86.7 Å². The SMILES string of the molecule is CC(C)c1nc2c(Cl)cc(C(F)(F)F)cn2c1COC(=O)/C=C/c1ccc([N+](=O)[O-])cc1. The third-order valence-electron chi connectivity index (χ3n) is 4.55. The quantitative estimate of drug-likeness (QED) is 0.198. The van der Waals surface area contributed by atoms with E-state index in [-0.39, 0.29) is 34.6 Å². The Morgan fingerprint density at radius 2 is 1.97 bits per heavy atom. The number of rotatable bonds is 6. The molecule has 0 amide bonds. The summed E-state index contributed by atoms with van der Waals surface area (Å²) < 4.78 is 46.0. The van der Waals surface area contributed by atoms with Gasteiger partial charge in [0.15, 0.2) is 5.65 Å². The monoisotopic (exact) mass is 467 g/mol. The van der Waals surface area contributed by atoms with Crippen molar-refractivity contribution >= 4 is 35.0 Å². The van der Waals surface area contributed by atoms with Crippen molar-refractivity contribution in [1.82, 2.24) is 9.38 Å². The number of benzene rings is 1. The summed E-state index contributed by atoms with van der Waals surface area (Å²) in [6.07, 6.45) is -1.21. The van der Waals surface area contributed by atoms with Gasteiger partial charge in [0.2, 0.25) is 0 Å². The molecule has 3 aromatic rings. The van der Waals surface area contributed by atoms with Crippen LogP contribution < -0.4 is 0 Å². The number of nitro benzene ring substituents is 1. The Bertz CT molecular complexity index is 1200. The molecule has 0 N–H and O–H groups in total. The number of aromatic nitrogens is 2. The average Bonchev–Trinajstić information content (AvgIpc) is 3.10. The number of hydrogen-bond donors (Lipinski definition) is 0. The Balaban J connectivity index is 1.84. The zero-order valence-corrected chi connectivity index (χ0v) is 17.6. The van der Waals surface area contributed by atoms with Gasteiger partial charge in [-0.05, 0) is 35.8 Å². The molecule has 0 aliphatic heterocycles. The molecule has 0 atom stereocenters. The maximum atomic E-state index is 13.2. The number of carbonyl (C=O) groups is 1. The van der Waals surface area contributed by atoms with Crippen molar-refractivity contribution in [1.29, 1.82) is 0 Å². The van der Waals surface area contributed by atoms with Gasteiger partial charge in [0.1, 0.15) is 6.61 Å². The van der Waals surface area contributed by atoms with Crippen molar-refractivity contribution in [3.63, 3.8) is 0 Å². The molecular weight excluding hydrogens is 451 g/mol. The van der Waals surface area contributed by atoms with Gasteiger partial charge in [-0.2, -0.15) is 13.2 Å². The second-order valence-corrected chi connectivity index (χ2v) is 7.56. The van der Waals surface area contributed by atoms with Gasteiger partial charge in [-0.25, -0.2) is 9.78 Å². The number of ether oxygens (including phenoxy) is 1. The molecule has 2 heterocycles. The second-order valence-electron chi connectivity index (χ2n) is 7.16. The van der Waals surface area contributed by atoms with Crippen LogP contribution in [0.4, 0.5) is 18.9 Å². The lowest BCUT2D eigenvalue weighted by Gasteiger charge is -2.11. The summed E-state index contributed by atoms with van der Waals surface area (Å²) in [5, 5.41) is 10.5. The van der Waals surface area contributed by atoms with Gasteiger partial charge in [0.05, 0.1) is 26.9 Å². The normalized spacial score (nSPS) is 12.1. The predicted octanol–water partition coefficient (Wildman–Crippen LogP) is 5.79. The maximum absolute atomic E-state index is 13.2. The standard InChI is InChI=1S/C21H17ClF3N3O4/c1-12(2)19-17(27-10-14(21(23,24)25)9-16(22)20(27)26-19)11-32-18(29)8-5-13-3-6-15(7-4-13)28(30)31/h3-10,12H,11H2,1-2H3/b8-5+. The number of nitrogens with zero attached hydrogens (tertiary/aromatic N) is 3. The molecule has 11 heteroatoms. The fourth-order valence-corrected chi connectivity index (χ4v) is 3.24. The Morgan fingerprint density at radius 3 is 2.53 bits per heavy atom. The summed E-state index contributed by atoms with van der Waals surface area (Å²) in [7, 11) is 0. The number of fused-ring (bicyclic) bond motifs is 1. The van der Waals surface area contributed by atoms with Gasteiger partial charge in [0.25, 0.3) is 5.69 Å². The zero-order chi connectivity index (χ0) is 23.6. The van der Waals surface area contributed by atoms with Crippen molar-refractivity contribution in [2.24, 2.45) is 0 Å². The van der Waals surface area contributed by atoms with Crippen LogP contribution in [0.25, 0.3) is 11.7 Å². The number of alkyl halides is 3. The minimum Gasteiger partial charge on any atom is -0.456 e. The number of carbonyl (C=O) groups excluding carboxylic acids is 1. The number of non-ortho nitro benzene ring substituents is 1. The Labute approximate surface area is 185 Å². The zero-order valence-electron chi connectivity index (χ0n) is 16.9. The van der Waals surface area contributed by atoms with Crippen LogP contribution in [0.2, 0.25) is 5.02 Å². The molecule has 168 valence electrons. The van der Waals surface area contributed by atoms with Gasteiger partial charge in [0, 0.05) is 24.4 Å². The first-order valence-corrected chi connectivity index (χ1v) is 9.72. The number of nitro groups is 1. The molecule has 0 aliphatic rings. The van der Waals surface area contributed by atoms with Gasteiger partial charge in [-0.15, -0.1) is 0 Å². The molecule has 32 heavy (non-hydrogen) atoms. The fraction of sp³-hybridized carbons (Fsp3) is 0.238. The summed E-state index contributed by atoms with van der Waals surface area (Å²) in [5.74, 6) is -0.907. The Morgan fingerprint density at radius 1 is 1.31 bits per heavy atom. The van der Waals surface area contributed by atoms with Crippen LogP contribution in [-0.4, -0.2) is 20.3 Å². The van der Waals surface area contributed by atoms with Crippen LogP contribution >= 0.6 is 11.6 Å². The van der Waals surface area contributed by atoms with Crippen molar-refractivity contribution < 1.29 is 27.6 Å². The van der Waals surface area contributed by atoms with E-state index in [2.05, 4.69) is 4.98 Å². The first-order valence-electron chi connectivity index (χ1n) is 9.34. The van der Waals surface area contributed by atoms with Crippen LogP contribution in [0, 0.1) is 10.1 Å². The molecule has 2 aromatic heterocycles. The van der Waals surface area contributed by atoms with E-state index in [0.717, 1.165) is 18.3 Å². The van der Waals surface area contributed by atoms with Gasteiger partial charge in [-0.1, -0.05) is 25.4 Å². The third-order valence-corrected chi connectivity index (χ3v) is 4.82. The molecule has 0 saturated heterocycles. The highest BCUT2D eigenvalue weighted by atomic mass is 35.5. The molecule has 0 fully saturated rings. The molecule has 0 unspecified atom stereocenters. The van der Waals surface area contributed by atoms with E-state index < -0.39 is 22.6 Å². The lowest BCUT2D eigenvalue weighted by molar-refractivity contribution is -0.384. The highest BCUT2D eigenvalue weighted by Gasteiger charge is 2.32. The highest BCUT2D eigenvalue weighted by Crippen LogP contribution is 2.34. The van der Waals surface area contributed by atoms with Crippen LogP contribution in [0.1, 0.15) is 42.3 Å². The molecule has 1 aromatic carbocycles. The maximum Gasteiger partial charge on any atom is 0.417 e. The average molecular weight is 468 g/mol. The summed E-state index contributed by atoms with van der Waals surface area (Å²) in [4.78, 5) is 26.6. The highest BCUT2D eigenvalue weighted by molar-refractivity contribution is 6.33. The number of hydrogen-bond acceptors (Lipinski definition) is 5. The smallest absolute Gasteiger partial charge is 0.417 e. The summed E-state index contributed by atoms with van der Waals surface area (Å²) >= 11 is 6.02. The lowest BCUT2D eigenvalue weighted by atomic mass is 10.1. The van der Waals surface area contributed by atoms with Gasteiger partial charge >= 0.3 is 12.1 Å². The number of pyridine rings is 1. The van der Waals surface area contributed by atoms with Crippen molar-refractivity contribution in [3.8, 4) is 0 Å². The van der Waals surface area contributed by atoms with E-state index in [1.807, 2.05) is 0 Å². The van der Waals surface area contributed by atoms with E-state index >= 15 is 0 Å². The molecule has 0 bridgehead atoms. The number of halogens is 4. The van der Waals surface area contributed by atoms with Crippen LogP contribution in [0.15, 0.2) is 42.6 Å². The minimum atomic E-state index is -4.61. The van der Waals surface area contributed by atoms with E-state index in [1.165, 1.54) is 34.7 Å². The first-order chi connectivity index (χ1) is 15.0. The van der Waals surface area contributed by atoms with Crippen molar-refractivity contribution in [3.05, 3.63) is 80.3 Å². The third kappa shape index (κ3) is 5.08. The number of imidazole rings is 1. The Kier molecular flexibility index (Phi) is 6.54. The first kappa shape index (κ1) is 23.3. The van der Waals surface area contributed by atoms with Crippen LogP contribution in [0.3, 0.4) is 0 Å². The van der Waals surface area contributed by atoms with Crippen LogP contribution in [0.5, 0.6) is 0 Å². The van der Waals surface area contributed by atoms with Gasteiger partial charge in [-0.3, -0.25) is 14.5 Å². The van der Waals surface area contributed by atoms with E-state index in [0.29, 0.717) is 11.3 Å². The van der Waals surface area contributed by atoms with E-state index in [4.69, 9.17) is 16.3 Å². The summed E-state index contributed by atoms with van der Waals surface area (Å²) in [6, 6.07) is 6.31. The predicted molar refractivity (Wildman–Crippen MR) is 111 cm³/mol. The Hall–Kier alpha value is -3.40. The molecule has 0 saturated carbocycles. The molecular formula is C21H17ClF3N3O4. The second kappa shape index (κ2) is 8.99. The van der Waals surface area contributed by atoms with Crippen molar-refractivity contribution in [2.75, 3.05) is 0 Å². The molecule has 7 nitrogen and oxygen atoms in total. The van der Waals surface area contributed by atoms with E-state index in [9.17, 15) is 28.1 Å². The molecule has 0 aliphatic carbocycles. The van der Waals surface area contributed by atoms with Crippen molar-refractivity contribution in [2.45, 2.75) is 32.5 Å². The summed E-state index contributed by atoms with van der Waals surface area (Å²) in [5.41, 5.74) is 0.366. The molecule has 0 spiro atoms. The van der Waals surface area contributed by atoms with E-state index in [1.54, 1.807) is 13.8 Å². The lowest BCUT2D eigenvalue weighted by Crippen LogP contribution is -2.09. The van der Waals surface area contributed by atoms with Gasteiger partial charge < -0.3 is 4.74 Å². The summed E-state index contributed by atoms with van der Waals surface area (Å²) in [6.45, 7) is 3.29. The molecule has 0 radical (unpaired) electrons. The number of esters is 1. The fourth-order valence-electron chi connectivity index (χ4n) is 2.99. The largest absolute Gasteiger partial charge is 0.456 e. The molecule has 3 rings (SSSR count). The minimum absolute atomic E-state index is 0.0876. The van der Waals surface area contributed by atoms with Crippen LogP contribution in [-0.2, 0) is 22.3 Å².